The molecule has 3 aromatic rings. The summed E-state index contributed by atoms with van der Waals surface area (Å²) in [6, 6.07) is 13.7. The third kappa shape index (κ3) is 1.72. The molecule has 82 valence electrons. The molecule has 0 unspecified atom stereocenters. The Morgan fingerprint density at radius 1 is 1.00 bits per heavy atom. The van der Waals surface area contributed by atoms with Crippen LogP contribution in [0.3, 0.4) is 0 Å². The number of pyridine rings is 2. The molecule has 0 saturated heterocycles. The van der Waals surface area contributed by atoms with Crippen LogP contribution in [0.4, 0.5) is 5.69 Å². The standard InChI is InChI=1S/C14H11N3/c15-12-8-10-4-1-2-6-13(10)17-14(12)11-5-3-7-16-9-11/h1-9H,15H2. The van der Waals surface area contributed by atoms with Crippen molar-refractivity contribution in [1.82, 2.24) is 9.97 Å². The van der Waals surface area contributed by atoms with E-state index in [1.807, 2.05) is 42.5 Å². The minimum atomic E-state index is 0.678. The Bertz CT molecular complexity index is 663. The number of fused-ring (bicyclic) bond motifs is 1. The fourth-order valence-corrected chi connectivity index (χ4v) is 1.87. The molecule has 2 heterocycles. The molecule has 0 atom stereocenters. The van der Waals surface area contributed by atoms with Gasteiger partial charge in [0.25, 0.3) is 0 Å². The fourth-order valence-electron chi connectivity index (χ4n) is 1.87. The lowest BCUT2D eigenvalue weighted by Gasteiger charge is -2.06. The predicted octanol–water partition coefficient (Wildman–Crippen LogP) is 2.88. The minimum Gasteiger partial charge on any atom is -0.397 e. The Morgan fingerprint density at radius 2 is 1.88 bits per heavy atom. The summed E-state index contributed by atoms with van der Waals surface area (Å²) in [6.07, 6.45) is 3.51. The van der Waals surface area contributed by atoms with Crippen molar-refractivity contribution in [3.8, 4) is 11.3 Å². The zero-order valence-corrected chi connectivity index (χ0v) is 9.17. The van der Waals surface area contributed by atoms with E-state index in [1.54, 1.807) is 12.4 Å². The van der Waals surface area contributed by atoms with Crippen molar-refractivity contribution in [3.05, 3.63) is 54.9 Å². The minimum absolute atomic E-state index is 0.678. The molecule has 2 aromatic heterocycles. The van der Waals surface area contributed by atoms with E-state index >= 15 is 0 Å². The highest BCUT2D eigenvalue weighted by molar-refractivity contribution is 5.87. The molecule has 1 aromatic carbocycles. The van der Waals surface area contributed by atoms with Gasteiger partial charge in [0.15, 0.2) is 0 Å². The zero-order valence-electron chi connectivity index (χ0n) is 9.17. The number of rotatable bonds is 1. The topological polar surface area (TPSA) is 51.8 Å². The molecule has 17 heavy (non-hydrogen) atoms. The summed E-state index contributed by atoms with van der Waals surface area (Å²) in [5.74, 6) is 0. The quantitative estimate of drug-likeness (QED) is 0.687. The zero-order chi connectivity index (χ0) is 11.7. The average molecular weight is 221 g/mol. The van der Waals surface area contributed by atoms with Crippen LogP contribution in [0.15, 0.2) is 54.9 Å². The lowest BCUT2D eigenvalue weighted by Crippen LogP contribution is -1.94. The SMILES string of the molecule is Nc1cc2ccccc2nc1-c1cccnc1. The number of aromatic nitrogens is 2. The summed E-state index contributed by atoms with van der Waals surface area (Å²) in [7, 11) is 0. The second-order valence-electron chi connectivity index (χ2n) is 3.86. The van der Waals surface area contributed by atoms with Gasteiger partial charge >= 0.3 is 0 Å². The second-order valence-corrected chi connectivity index (χ2v) is 3.86. The molecule has 0 amide bonds. The van der Waals surface area contributed by atoms with E-state index in [0.717, 1.165) is 22.2 Å². The fraction of sp³-hybridized carbons (Fsp3) is 0. The van der Waals surface area contributed by atoms with Crippen molar-refractivity contribution >= 4 is 16.6 Å². The number of hydrogen-bond donors (Lipinski definition) is 1. The highest BCUT2D eigenvalue weighted by Gasteiger charge is 2.06. The van der Waals surface area contributed by atoms with Crippen LogP contribution in [0.1, 0.15) is 0 Å². The first-order chi connectivity index (χ1) is 8.34. The molecule has 3 rings (SSSR count). The molecule has 0 radical (unpaired) electrons. The van der Waals surface area contributed by atoms with Gasteiger partial charge in [-0.1, -0.05) is 18.2 Å². The van der Waals surface area contributed by atoms with E-state index < -0.39 is 0 Å². The Balaban J connectivity index is 2.27. The van der Waals surface area contributed by atoms with Gasteiger partial charge in [0, 0.05) is 23.3 Å². The highest BCUT2D eigenvalue weighted by atomic mass is 14.8. The molecule has 0 aliphatic carbocycles. The van der Waals surface area contributed by atoms with E-state index in [-0.39, 0.29) is 0 Å². The first-order valence-corrected chi connectivity index (χ1v) is 5.40. The van der Waals surface area contributed by atoms with Crippen LogP contribution in [0.5, 0.6) is 0 Å². The molecule has 0 spiro atoms. The summed E-state index contributed by atoms with van der Waals surface area (Å²) in [5, 5.41) is 1.05. The van der Waals surface area contributed by atoms with Gasteiger partial charge in [0.05, 0.1) is 16.9 Å². The molecule has 0 aliphatic rings. The molecule has 0 aliphatic heterocycles. The van der Waals surface area contributed by atoms with E-state index in [9.17, 15) is 0 Å². The number of hydrogen-bond acceptors (Lipinski definition) is 3. The second kappa shape index (κ2) is 3.87. The first kappa shape index (κ1) is 9.78. The van der Waals surface area contributed by atoms with Crippen molar-refractivity contribution in [3.63, 3.8) is 0 Å². The van der Waals surface area contributed by atoms with Crippen LogP contribution < -0.4 is 5.73 Å². The molecule has 0 fully saturated rings. The van der Waals surface area contributed by atoms with Gasteiger partial charge in [-0.2, -0.15) is 0 Å². The van der Waals surface area contributed by atoms with Gasteiger partial charge in [-0.25, -0.2) is 4.98 Å². The number of para-hydroxylation sites is 1. The molecule has 0 bridgehead atoms. The number of nitrogens with zero attached hydrogens (tertiary/aromatic N) is 2. The molecule has 2 N–H and O–H groups in total. The normalized spacial score (nSPS) is 10.6. The Labute approximate surface area is 98.9 Å². The van der Waals surface area contributed by atoms with Gasteiger partial charge in [0.2, 0.25) is 0 Å². The Kier molecular flexibility index (Phi) is 2.22. The third-order valence-corrected chi connectivity index (χ3v) is 2.69. The van der Waals surface area contributed by atoms with Gasteiger partial charge in [0.1, 0.15) is 0 Å². The molecule has 3 nitrogen and oxygen atoms in total. The number of benzene rings is 1. The van der Waals surface area contributed by atoms with E-state index in [2.05, 4.69) is 9.97 Å². The van der Waals surface area contributed by atoms with Crippen LogP contribution >= 0.6 is 0 Å². The number of nitrogen functional groups attached to an aromatic ring is 1. The van der Waals surface area contributed by atoms with E-state index in [1.165, 1.54) is 0 Å². The maximum absolute atomic E-state index is 6.03. The maximum Gasteiger partial charge on any atom is 0.0954 e. The van der Waals surface area contributed by atoms with Crippen LogP contribution in [0, 0.1) is 0 Å². The van der Waals surface area contributed by atoms with Crippen LogP contribution in [-0.4, -0.2) is 9.97 Å². The van der Waals surface area contributed by atoms with E-state index in [0.29, 0.717) is 5.69 Å². The van der Waals surface area contributed by atoms with Crippen molar-refractivity contribution < 1.29 is 0 Å². The van der Waals surface area contributed by atoms with Gasteiger partial charge in [-0.05, 0) is 24.3 Å². The lowest BCUT2D eigenvalue weighted by atomic mass is 10.1. The smallest absolute Gasteiger partial charge is 0.0954 e. The van der Waals surface area contributed by atoms with Gasteiger partial charge in [-0.15, -0.1) is 0 Å². The largest absolute Gasteiger partial charge is 0.397 e. The van der Waals surface area contributed by atoms with Gasteiger partial charge < -0.3 is 5.73 Å². The first-order valence-electron chi connectivity index (χ1n) is 5.40. The Hall–Kier alpha value is -2.42. The Morgan fingerprint density at radius 3 is 2.71 bits per heavy atom. The monoisotopic (exact) mass is 221 g/mol. The van der Waals surface area contributed by atoms with Crippen molar-refractivity contribution in [2.75, 3.05) is 5.73 Å². The number of nitrogens with two attached hydrogens (primary N) is 1. The summed E-state index contributed by atoms with van der Waals surface area (Å²) in [5.41, 5.74) is 9.38. The van der Waals surface area contributed by atoms with Gasteiger partial charge in [-0.3, -0.25) is 4.98 Å². The molecule has 0 saturated carbocycles. The van der Waals surface area contributed by atoms with Crippen LogP contribution in [0.25, 0.3) is 22.2 Å². The predicted molar refractivity (Wildman–Crippen MR) is 69.4 cm³/mol. The lowest BCUT2D eigenvalue weighted by molar-refractivity contribution is 1.30. The maximum atomic E-state index is 6.03. The van der Waals surface area contributed by atoms with E-state index in [4.69, 9.17) is 5.73 Å². The summed E-state index contributed by atoms with van der Waals surface area (Å²) >= 11 is 0. The van der Waals surface area contributed by atoms with Crippen LogP contribution in [-0.2, 0) is 0 Å². The third-order valence-electron chi connectivity index (χ3n) is 2.69. The summed E-state index contributed by atoms with van der Waals surface area (Å²) < 4.78 is 0. The van der Waals surface area contributed by atoms with Crippen molar-refractivity contribution in [2.45, 2.75) is 0 Å². The molecular formula is C14H11N3. The summed E-state index contributed by atoms with van der Waals surface area (Å²) in [6.45, 7) is 0. The average Bonchev–Trinajstić information content (AvgIpc) is 2.39. The molecular weight excluding hydrogens is 210 g/mol. The van der Waals surface area contributed by atoms with Crippen molar-refractivity contribution in [2.24, 2.45) is 0 Å². The summed E-state index contributed by atoms with van der Waals surface area (Å²) in [4.78, 5) is 8.67. The van der Waals surface area contributed by atoms with Crippen LogP contribution in [0.2, 0.25) is 0 Å². The van der Waals surface area contributed by atoms with Crippen molar-refractivity contribution in [1.29, 1.82) is 0 Å². The highest BCUT2D eigenvalue weighted by Crippen LogP contribution is 2.26. The molecule has 3 heteroatoms. The number of anilines is 1.